The molecule has 9 heteroatoms. The molecule has 3 amide bonds. The average Bonchev–Trinajstić information content (AvgIpc) is 2.84. The molecule has 4 rings (SSSR count). The Bertz CT molecular complexity index is 1090. The fraction of sp³-hybridized carbons (Fsp3) is 0.462. The van der Waals surface area contributed by atoms with Crippen LogP contribution in [0.15, 0.2) is 36.9 Å². The predicted octanol–water partition coefficient (Wildman–Crippen LogP) is 3.53. The van der Waals surface area contributed by atoms with E-state index in [-0.39, 0.29) is 24.0 Å². The molecule has 1 saturated heterocycles. The summed E-state index contributed by atoms with van der Waals surface area (Å²) in [6, 6.07) is 7.26. The lowest BCUT2D eigenvalue weighted by Crippen LogP contribution is -2.46. The zero-order valence-electron chi connectivity index (χ0n) is 20.7. The van der Waals surface area contributed by atoms with Gasteiger partial charge in [-0.3, -0.25) is 4.79 Å². The number of urea groups is 1. The van der Waals surface area contributed by atoms with Crippen molar-refractivity contribution in [1.82, 2.24) is 20.2 Å². The molecule has 0 saturated carbocycles. The molecule has 186 valence electrons. The third-order valence-corrected chi connectivity index (χ3v) is 6.48. The van der Waals surface area contributed by atoms with Crippen LogP contribution in [0, 0.1) is 0 Å². The van der Waals surface area contributed by atoms with Crippen LogP contribution < -0.4 is 15.5 Å². The lowest BCUT2D eigenvalue weighted by molar-refractivity contribution is -0.131. The van der Waals surface area contributed by atoms with Crippen LogP contribution in [0.1, 0.15) is 44.5 Å². The van der Waals surface area contributed by atoms with Crippen LogP contribution in [0.3, 0.4) is 0 Å². The molecule has 35 heavy (non-hydrogen) atoms. The summed E-state index contributed by atoms with van der Waals surface area (Å²) in [6.07, 6.45) is 3.17. The lowest BCUT2D eigenvalue weighted by atomic mass is 9.94. The van der Waals surface area contributed by atoms with Crippen LogP contribution >= 0.6 is 0 Å². The molecule has 0 spiro atoms. The number of morpholine rings is 1. The molecule has 2 N–H and O–H groups in total. The Balaban J connectivity index is 1.78. The highest BCUT2D eigenvalue weighted by Gasteiger charge is 2.35. The van der Waals surface area contributed by atoms with Gasteiger partial charge in [-0.1, -0.05) is 6.08 Å². The zero-order chi connectivity index (χ0) is 24.9. The number of nitrogens with zero attached hydrogens (tertiary/aromatic N) is 4. The van der Waals surface area contributed by atoms with Gasteiger partial charge in [-0.15, -0.1) is 6.58 Å². The summed E-state index contributed by atoms with van der Waals surface area (Å²) in [6.45, 7) is 12.8. The summed E-state index contributed by atoms with van der Waals surface area (Å²) in [4.78, 5) is 38.5. The van der Waals surface area contributed by atoms with E-state index >= 15 is 0 Å². The number of benzene rings is 1. The molecule has 1 unspecified atom stereocenters. The molecule has 3 heterocycles. The highest BCUT2D eigenvalue weighted by Crippen LogP contribution is 2.38. The van der Waals surface area contributed by atoms with Crippen molar-refractivity contribution in [1.29, 1.82) is 0 Å². The second kappa shape index (κ2) is 10.9. The van der Waals surface area contributed by atoms with Crippen molar-refractivity contribution < 1.29 is 14.3 Å². The van der Waals surface area contributed by atoms with Gasteiger partial charge in [-0.05, 0) is 51.0 Å². The summed E-state index contributed by atoms with van der Waals surface area (Å²) in [5.41, 5.74) is 3.51. The van der Waals surface area contributed by atoms with Crippen molar-refractivity contribution >= 4 is 23.4 Å². The van der Waals surface area contributed by atoms with Gasteiger partial charge in [-0.25, -0.2) is 14.8 Å². The molecule has 1 aromatic carbocycles. The van der Waals surface area contributed by atoms with Gasteiger partial charge in [0.25, 0.3) is 0 Å². The molecule has 2 aliphatic heterocycles. The number of rotatable bonds is 6. The lowest BCUT2D eigenvalue weighted by Gasteiger charge is -2.40. The third kappa shape index (κ3) is 5.30. The summed E-state index contributed by atoms with van der Waals surface area (Å²) in [5.74, 6) is 1.55. The standard InChI is InChI=1S/C26H34N6O3/c1-5-7-22-23-21(12-13-32(22)18(4)33)25(31-14-15-35-16-17(31)3)30-24(29-23)19-8-10-20(11-9-19)28-26(34)27-6-2/h5,8-11,17,22H,1,6-7,12-16H2,2-4H3,(H2,27,28,34)/t17-,22?/m0/s1. The van der Waals surface area contributed by atoms with Crippen LogP contribution in [0.2, 0.25) is 0 Å². The van der Waals surface area contributed by atoms with E-state index in [0.29, 0.717) is 50.7 Å². The highest BCUT2D eigenvalue weighted by molar-refractivity contribution is 5.89. The second-order valence-corrected chi connectivity index (χ2v) is 8.92. The van der Waals surface area contributed by atoms with Crippen LogP contribution in [0.4, 0.5) is 16.3 Å². The number of hydrogen-bond acceptors (Lipinski definition) is 6. The number of nitrogens with one attached hydrogen (secondary N) is 2. The van der Waals surface area contributed by atoms with Crippen LogP contribution in [0.5, 0.6) is 0 Å². The van der Waals surface area contributed by atoms with Crippen molar-refractivity contribution in [2.45, 2.75) is 45.7 Å². The first kappa shape index (κ1) is 24.7. The molecule has 1 fully saturated rings. The van der Waals surface area contributed by atoms with Crippen molar-refractivity contribution in [3.8, 4) is 11.4 Å². The molecular weight excluding hydrogens is 444 g/mol. The quantitative estimate of drug-likeness (QED) is 0.616. The van der Waals surface area contributed by atoms with Crippen LogP contribution in [-0.2, 0) is 16.0 Å². The zero-order valence-corrected chi connectivity index (χ0v) is 20.7. The number of fused-ring (bicyclic) bond motifs is 1. The van der Waals surface area contributed by atoms with Gasteiger partial charge < -0.3 is 25.2 Å². The minimum Gasteiger partial charge on any atom is -0.377 e. The largest absolute Gasteiger partial charge is 0.377 e. The molecule has 2 aliphatic rings. The maximum Gasteiger partial charge on any atom is 0.319 e. The minimum atomic E-state index is -0.245. The Morgan fingerprint density at radius 1 is 1.23 bits per heavy atom. The smallest absolute Gasteiger partial charge is 0.319 e. The number of ether oxygens (including phenoxy) is 1. The predicted molar refractivity (Wildman–Crippen MR) is 136 cm³/mol. The van der Waals surface area contributed by atoms with Crippen molar-refractivity contribution in [2.24, 2.45) is 0 Å². The number of carbonyl (C=O) groups excluding carboxylic acids is 2. The van der Waals surface area contributed by atoms with Gasteiger partial charge >= 0.3 is 6.03 Å². The first-order chi connectivity index (χ1) is 16.9. The minimum absolute atomic E-state index is 0.0322. The molecular formula is C26H34N6O3. The van der Waals surface area contributed by atoms with E-state index < -0.39 is 0 Å². The van der Waals surface area contributed by atoms with Crippen molar-refractivity contribution in [2.75, 3.05) is 43.1 Å². The Morgan fingerprint density at radius 3 is 2.66 bits per heavy atom. The summed E-state index contributed by atoms with van der Waals surface area (Å²) in [5, 5.41) is 5.54. The van der Waals surface area contributed by atoms with Gasteiger partial charge in [-0.2, -0.15) is 0 Å². The topological polar surface area (TPSA) is 99.7 Å². The SMILES string of the molecule is C=CCC1c2nc(-c3ccc(NC(=O)NCC)cc3)nc(N3CCOC[C@@H]3C)c2CCN1C(C)=O. The van der Waals surface area contributed by atoms with E-state index in [4.69, 9.17) is 14.7 Å². The van der Waals surface area contributed by atoms with E-state index in [2.05, 4.69) is 29.0 Å². The maximum absolute atomic E-state index is 12.4. The van der Waals surface area contributed by atoms with E-state index in [1.165, 1.54) is 0 Å². The number of hydrogen-bond donors (Lipinski definition) is 2. The monoisotopic (exact) mass is 478 g/mol. The fourth-order valence-corrected chi connectivity index (χ4v) is 4.76. The molecule has 2 atom stereocenters. The number of anilines is 2. The van der Waals surface area contributed by atoms with Crippen molar-refractivity contribution in [3.05, 3.63) is 48.2 Å². The number of carbonyl (C=O) groups is 2. The Kier molecular flexibility index (Phi) is 7.65. The van der Waals surface area contributed by atoms with Gasteiger partial charge in [0.15, 0.2) is 5.82 Å². The summed E-state index contributed by atoms with van der Waals surface area (Å²) < 4.78 is 5.67. The van der Waals surface area contributed by atoms with Gasteiger partial charge in [0.05, 0.1) is 31.0 Å². The van der Waals surface area contributed by atoms with Gasteiger partial charge in [0, 0.05) is 43.4 Å². The second-order valence-electron chi connectivity index (χ2n) is 8.92. The Morgan fingerprint density at radius 2 is 2.00 bits per heavy atom. The third-order valence-electron chi connectivity index (χ3n) is 6.48. The average molecular weight is 479 g/mol. The summed E-state index contributed by atoms with van der Waals surface area (Å²) in [7, 11) is 0. The maximum atomic E-state index is 12.4. The van der Waals surface area contributed by atoms with Crippen LogP contribution in [-0.4, -0.2) is 65.7 Å². The highest BCUT2D eigenvalue weighted by atomic mass is 16.5. The normalized spacial score (nSPS) is 19.6. The van der Waals surface area contributed by atoms with Gasteiger partial charge in [0.1, 0.15) is 5.82 Å². The van der Waals surface area contributed by atoms with Crippen LogP contribution in [0.25, 0.3) is 11.4 Å². The number of amides is 3. The number of aromatic nitrogens is 2. The van der Waals surface area contributed by atoms with E-state index in [1.54, 1.807) is 6.92 Å². The van der Waals surface area contributed by atoms with Gasteiger partial charge in [0.2, 0.25) is 5.91 Å². The van der Waals surface area contributed by atoms with E-state index in [0.717, 1.165) is 29.2 Å². The molecule has 0 aliphatic carbocycles. The molecule has 1 aromatic heterocycles. The van der Waals surface area contributed by atoms with E-state index in [9.17, 15) is 9.59 Å². The first-order valence-corrected chi connectivity index (χ1v) is 12.2. The first-order valence-electron chi connectivity index (χ1n) is 12.2. The fourth-order valence-electron chi connectivity index (χ4n) is 4.76. The Labute approximate surface area is 206 Å². The molecule has 0 bridgehead atoms. The Hall–Kier alpha value is -3.46. The summed E-state index contributed by atoms with van der Waals surface area (Å²) >= 11 is 0. The van der Waals surface area contributed by atoms with Crippen molar-refractivity contribution in [3.63, 3.8) is 0 Å². The van der Waals surface area contributed by atoms with E-state index in [1.807, 2.05) is 42.2 Å². The molecule has 2 aromatic rings. The molecule has 0 radical (unpaired) electrons. The molecule has 9 nitrogen and oxygen atoms in total.